The van der Waals surface area contributed by atoms with E-state index in [1.807, 2.05) is 30.3 Å². The number of ketones is 1. The molecule has 0 aliphatic heterocycles. The van der Waals surface area contributed by atoms with Crippen LogP contribution in [0.25, 0.3) is 11.3 Å². The van der Waals surface area contributed by atoms with Crippen molar-refractivity contribution in [3.63, 3.8) is 0 Å². The summed E-state index contributed by atoms with van der Waals surface area (Å²) >= 11 is 7.37. The Kier molecular flexibility index (Phi) is 4.56. The number of halogens is 1. The van der Waals surface area contributed by atoms with Crippen LogP contribution in [0.2, 0.25) is 5.02 Å². The highest BCUT2D eigenvalue weighted by Crippen LogP contribution is 2.37. The van der Waals surface area contributed by atoms with Crippen molar-refractivity contribution in [3.8, 4) is 17.3 Å². The van der Waals surface area contributed by atoms with Crippen LogP contribution in [0.4, 0.5) is 0 Å². The van der Waals surface area contributed by atoms with E-state index in [1.165, 1.54) is 11.5 Å². The monoisotopic (exact) mass is 330 g/mol. The second-order valence-corrected chi connectivity index (χ2v) is 7.05. The van der Waals surface area contributed by atoms with Gasteiger partial charge >= 0.3 is 0 Å². The topological polar surface area (TPSA) is 53.8 Å². The lowest BCUT2D eigenvalue weighted by atomic mass is 9.71. The molecular formula is C17H15ClN2OS. The molecule has 0 N–H and O–H groups in total. The first-order valence-corrected chi connectivity index (χ1v) is 8.42. The lowest BCUT2D eigenvalue weighted by molar-refractivity contribution is -0.126. The summed E-state index contributed by atoms with van der Waals surface area (Å²) in [6.45, 7) is 0. The molecule has 0 saturated heterocycles. The minimum absolute atomic E-state index is 0.134. The van der Waals surface area contributed by atoms with Gasteiger partial charge in [0.25, 0.3) is 0 Å². The highest BCUT2D eigenvalue weighted by molar-refractivity contribution is 7.06. The van der Waals surface area contributed by atoms with E-state index >= 15 is 0 Å². The predicted molar refractivity (Wildman–Crippen MR) is 87.7 cm³/mol. The molecule has 112 valence electrons. The fraction of sp³-hybridized carbons (Fsp3) is 0.353. The molecule has 0 radical (unpaired) electrons. The lowest BCUT2D eigenvalue weighted by Gasteiger charge is -2.32. The van der Waals surface area contributed by atoms with Gasteiger partial charge in [-0.15, -0.1) is 0 Å². The molecule has 2 aromatic rings. The Hall–Kier alpha value is -1.70. The number of carbonyl (C=O) groups is 1. The van der Waals surface area contributed by atoms with Gasteiger partial charge in [0.2, 0.25) is 0 Å². The van der Waals surface area contributed by atoms with Gasteiger partial charge in [0.05, 0.1) is 11.8 Å². The summed E-state index contributed by atoms with van der Waals surface area (Å²) in [6.07, 6.45) is 2.75. The molecule has 0 spiro atoms. The van der Waals surface area contributed by atoms with E-state index in [9.17, 15) is 4.79 Å². The van der Waals surface area contributed by atoms with Crippen LogP contribution < -0.4 is 0 Å². The van der Waals surface area contributed by atoms with E-state index < -0.39 is 0 Å². The molecule has 0 bridgehead atoms. The molecule has 1 aromatic carbocycles. The van der Waals surface area contributed by atoms with Crippen LogP contribution in [0.15, 0.2) is 30.3 Å². The number of aromatic nitrogens is 1. The molecule has 1 fully saturated rings. The molecular weight excluding hydrogens is 316 g/mol. The Morgan fingerprint density at radius 2 is 2.23 bits per heavy atom. The molecule has 3 nitrogen and oxygen atoms in total. The SMILES string of the molecule is N#CCC1CC(C(=O)Cc2cc(-c3cccc(Cl)c3)ns2)C1. The molecule has 0 atom stereocenters. The van der Waals surface area contributed by atoms with Crippen molar-refractivity contribution in [2.75, 3.05) is 0 Å². The maximum absolute atomic E-state index is 12.2. The number of nitrogens with zero attached hydrogens (tertiary/aromatic N) is 2. The van der Waals surface area contributed by atoms with Crippen molar-refractivity contribution in [1.29, 1.82) is 5.26 Å². The van der Waals surface area contributed by atoms with Gasteiger partial charge in [-0.1, -0.05) is 23.7 Å². The van der Waals surface area contributed by atoms with Gasteiger partial charge < -0.3 is 0 Å². The van der Waals surface area contributed by atoms with Crippen LogP contribution in [-0.2, 0) is 11.2 Å². The molecule has 1 heterocycles. The lowest BCUT2D eigenvalue weighted by Crippen LogP contribution is -2.31. The third kappa shape index (κ3) is 3.37. The van der Waals surface area contributed by atoms with Crippen LogP contribution >= 0.6 is 23.1 Å². The van der Waals surface area contributed by atoms with Crippen LogP contribution in [0.3, 0.4) is 0 Å². The predicted octanol–water partition coefficient (Wildman–Crippen LogP) is 4.51. The average molecular weight is 331 g/mol. The van der Waals surface area contributed by atoms with E-state index in [-0.39, 0.29) is 11.7 Å². The normalized spacial score (nSPS) is 20.2. The van der Waals surface area contributed by atoms with E-state index in [4.69, 9.17) is 16.9 Å². The first kappa shape index (κ1) is 15.2. The smallest absolute Gasteiger partial charge is 0.141 e. The molecule has 22 heavy (non-hydrogen) atoms. The van der Waals surface area contributed by atoms with Crippen LogP contribution in [-0.4, -0.2) is 10.2 Å². The fourth-order valence-corrected chi connectivity index (χ4v) is 3.73. The van der Waals surface area contributed by atoms with Crippen molar-refractivity contribution >= 4 is 28.9 Å². The van der Waals surface area contributed by atoms with Gasteiger partial charge in [-0.2, -0.15) is 9.64 Å². The van der Waals surface area contributed by atoms with Gasteiger partial charge in [-0.3, -0.25) is 4.79 Å². The maximum atomic E-state index is 12.2. The Bertz CT molecular complexity index is 728. The second-order valence-electron chi connectivity index (χ2n) is 5.73. The maximum Gasteiger partial charge on any atom is 0.141 e. The van der Waals surface area contributed by atoms with Crippen molar-refractivity contribution in [2.24, 2.45) is 11.8 Å². The molecule has 0 unspecified atom stereocenters. The van der Waals surface area contributed by atoms with Crippen molar-refractivity contribution in [2.45, 2.75) is 25.7 Å². The Labute approximate surface area is 138 Å². The summed E-state index contributed by atoms with van der Waals surface area (Å²) in [5.74, 6) is 0.827. The minimum atomic E-state index is 0.134. The van der Waals surface area contributed by atoms with Crippen molar-refractivity contribution < 1.29 is 4.79 Å². The zero-order valence-corrected chi connectivity index (χ0v) is 13.5. The second kappa shape index (κ2) is 6.60. The van der Waals surface area contributed by atoms with Gasteiger partial charge in [-0.05, 0) is 48.5 Å². The van der Waals surface area contributed by atoms with Gasteiger partial charge in [0, 0.05) is 34.2 Å². The minimum Gasteiger partial charge on any atom is -0.299 e. The van der Waals surface area contributed by atoms with Gasteiger partial charge in [0.1, 0.15) is 5.78 Å². The van der Waals surface area contributed by atoms with E-state index in [2.05, 4.69) is 10.4 Å². The zero-order chi connectivity index (χ0) is 15.5. The average Bonchev–Trinajstić information content (AvgIpc) is 2.90. The van der Waals surface area contributed by atoms with Crippen molar-refractivity contribution in [1.82, 2.24) is 4.37 Å². The number of carbonyl (C=O) groups excluding carboxylic acids is 1. The summed E-state index contributed by atoms with van der Waals surface area (Å²) in [5, 5.41) is 9.32. The number of Topliss-reactive ketones (excluding diaryl/α,β-unsaturated/α-hetero) is 1. The molecule has 1 aliphatic carbocycles. The van der Waals surface area contributed by atoms with E-state index in [0.29, 0.717) is 23.8 Å². The highest BCUT2D eigenvalue weighted by Gasteiger charge is 2.33. The molecule has 1 aliphatic rings. The third-order valence-electron chi connectivity index (χ3n) is 4.10. The number of rotatable bonds is 5. The van der Waals surface area contributed by atoms with Gasteiger partial charge in [-0.25, -0.2) is 0 Å². The third-order valence-corrected chi connectivity index (χ3v) is 5.12. The molecule has 1 aromatic heterocycles. The fourth-order valence-electron chi connectivity index (χ4n) is 2.79. The number of benzene rings is 1. The standard InChI is InChI=1S/C17H15ClN2OS/c18-14-3-1-2-12(8-14)16-9-15(22-20-16)10-17(21)13-6-11(7-13)4-5-19/h1-3,8-9,11,13H,4,6-7,10H2. The first-order valence-electron chi connectivity index (χ1n) is 7.27. The van der Waals surface area contributed by atoms with Crippen LogP contribution in [0.1, 0.15) is 24.1 Å². The Morgan fingerprint density at radius 3 is 2.95 bits per heavy atom. The largest absolute Gasteiger partial charge is 0.299 e. The quantitative estimate of drug-likeness (QED) is 0.810. The molecule has 0 amide bonds. The Morgan fingerprint density at radius 1 is 1.41 bits per heavy atom. The highest BCUT2D eigenvalue weighted by atomic mass is 35.5. The molecule has 5 heteroatoms. The number of nitriles is 1. The Balaban J connectivity index is 1.61. The van der Waals surface area contributed by atoms with Crippen molar-refractivity contribution in [3.05, 3.63) is 40.2 Å². The van der Waals surface area contributed by atoms with Crippen LogP contribution in [0.5, 0.6) is 0 Å². The number of hydrogen-bond donors (Lipinski definition) is 0. The zero-order valence-electron chi connectivity index (χ0n) is 12.0. The summed E-state index contributed by atoms with van der Waals surface area (Å²) < 4.78 is 4.42. The summed E-state index contributed by atoms with van der Waals surface area (Å²) in [5.41, 5.74) is 1.84. The summed E-state index contributed by atoms with van der Waals surface area (Å²) in [7, 11) is 0. The summed E-state index contributed by atoms with van der Waals surface area (Å²) in [4.78, 5) is 13.2. The molecule has 1 saturated carbocycles. The number of hydrogen-bond acceptors (Lipinski definition) is 4. The molecule has 3 rings (SSSR count). The van der Waals surface area contributed by atoms with Gasteiger partial charge in [0.15, 0.2) is 0 Å². The van der Waals surface area contributed by atoms with E-state index in [0.717, 1.165) is 29.0 Å². The van der Waals surface area contributed by atoms with Crippen LogP contribution in [0, 0.1) is 23.2 Å². The summed E-state index contributed by atoms with van der Waals surface area (Å²) in [6, 6.07) is 11.7. The van der Waals surface area contributed by atoms with E-state index in [1.54, 1.807) is 0 Å². The first-order chi connectivity index (χ1) is 10.7.